The van der Waals surface area contributed by atoms with Crippen molar-refractivity contribution in [2.24, 2.45) is 0 Å². The minimum atomic E-state index is 0.147. The molecule has 0 atom stereocenters. The van der Waals surface area contributed by atoms with Gasteiger partial charge in [-0.1, -0.05) is 106 Å². The lowest BCUT2D eigenvalue weighted by atomic mass is 9.32. The van der Waals surface area contributed by atoms with Crippen LogP contribution in [0.15, 0.2) is 121 Å². The third kappa shape index (κ3) is 3.98. The molecule has 4 heteroatoms. The summed E-state index contributed by atoms with van der Waals surface area (Å²) >= 11 is 0. The molecule has 0 fully saturated rings. The lowest BCUT2D eigenvalue weighted by Gasteiger charge is -2.43. The van der Waals surface area contributed by atoms with Crippen LogP contribution in [0.3, 0.4) is 0 Å². The molecule has 0 N–H and O–H groups in total. The Kier molecular flexibility index (Phi) is 6.00. The van der Waals surface area contributed by atoms with Gasteiger partial charge in [-0.05, 0) is 145 Å². The molecule has 4 aliphatic heterocycles. The van der Waals surface area contributed by atoms with Gasteiger partial charge in [0.25, 0.3) is 0 Å². The normalized spacial score (nSPS) is 13.5. The third-order valence-electron chi connectivity index (χ3n) is 12.1. The topological polar surface area (TPSA) is 6.48 Å². The minimum absolute atomic E-state index is 0.147. The number of hydrogen-bond donors (Lipinski definition) is 0. The molecule has 0 saturated carbocycles. The molecular formula is C48H38B2N2. The zero-order chi connectivity index (χ0) is 35.2. The summed E-state index contributed by atoms with van der Waals surface area (Å²) < 4.78 is 0. The van der Waals surface area contributed by atoms with Crippen molar-refractivity contribution in [3.05, 3.63) is 155 Å². The van der Waals surface area contributed by atoms with Gasteiger partial charge in [0.05, 0.1) is 0 Å². The first-order valence-electron chi connectivity index (χ1n) is 18.7. The van der Waals surface area contributed by atoms with Crippen LogP contribution >= 0.6 is 0 Å². The van der Waals surface area contributed by atoms with E-state index in [9.17, 15) is 0 Å². The number of nitrogens with zero attached hydrogens (tertiary/aromatic N) is 2. The lowest BCUT2D eigenvalue weighted by Crippen LogP contribution is -2.63. The molecule has 0 aromatic heterocycles. The summed E-state index contributed by atoms with van der Waals surface area (Å²) in [6, 6.07) is 47.2. The summed E-state index contributed by atoms with van der Waals surface area (Å²) in [5.41, 5.74) is 29.4. The molecule has 7 aromatic rings. The second-order valence-electron chi connectivity index (χ2n) is 15.9. The Morgan fingerprint density at radius 2 is 0.769 bits per heavy atom. The second kappa shape index (κ2) is 10.4. The Balaban J connectivity index is 1.29. The predicted octanol–water partition coefficient (Wildman–Crippen LogP) is 8.10. The molecule has 4 heterocycles. The van der Waals surface area contributed by atoms with E-state index in [0.717, 1.165) is 0 Å². The van der Waals surface area contributed by atoms with Crippen molar-refractivity contribution in [1.29, 1.82) is 0 Å². The van der Waals surface area contributed by atoms with Crippen LogP contribution in [0.2, 0.25) is 0 Å². The summed E-state index contributed by atoms with van der Waals surface area (Å²) in [5, 5.41) is 0. The van der Waals surface area contributed by atoms with E-state index in [1.54, 1.807) is 0 Å². The number of rotatable bonds is 3. The Labute approximate surface area is 307 Å². The van der Waals surface area contributed by atoms with E-state index >= 15 is 0 Å². The van der Waals surface area contributed by atoms with E-state index in [1.165, 1.54) is 123 Å². The molecule has 52 heavy (non-hydrogen) atoms. The van der Waals surface area contributed by atoms with Crippen LogP contribution < -0.4 is 42.6 Å². The number of aryl methyl sites for hydroxylation is 6. The van der Waals surface area contributed by atoms with Crippen molar-refractivity contribution >= 4 is 80.3 Å². The fraction of sp³-hybridized carbons (Fsp3) is 0.125. The van der Waals surface area contributed by atoms with Crippen LogP contribution in [-0.4, -0.2) is 13.4 Å². The van der Waals surface area contributed by atoms with Crippen molar-refractivity contribution < 1.29 is 0 Å². The van der Waals surface area contributed by atoms with Gasteiger partial charge in [-0.2, -0.15) is 0 Å². The van der Waals surface area contributed by atoms with Crippen LogP contribution in [0.5, 0.6) is 0 Å². The fourth-order valence-corrected chi connectivity index (χ4v) is 9.94. The summed E-state index contributed by atoms with van der Waals surface area (Å²) in [7, 11) is 0. The van der Waals surface area contributed by atoms with Gasteiger partial charge in [0, 0.05) is 34.1 Å². The smallest absolute Gasteiger partial charge is 0.248 e. The average Bonchev–Trinajstić information content (AvgIpc) is 3.62. The molecule has 0 unspecified atom stereocenters. The molecule has 0 spiro atoms. The largest absolute Gasteiger partial charge is 0.312 e. The molecule has 246 valence electrons. The molecule has 11 rings (SSSR count). The average molecular weight is 664 g/mol. The molecule has 0 saturated heterocycles. The minimum Gasteiger partial charge on any atom is -0.312 e. The maximum atomic E-state index is 2.67. The zero-order valence-corrected chi connectivity index (χ0v) is 30.6. The number of fused-ring (bicyclic) bond motifs is 10. The van der Waals surface area contributed by atoms with Crippen molar-refractivity contribution in [3.8, 4) is 22.3 Å². The molecule has 0 amide bonds. The molecule has 0 radical (unpaired) electrons. The van der Waals surface area contributed by atoms with Gasteiger partial charge in [-0.3, -0.25) is 0 Å². The molecule has 7 aromatic carbocycles. The van der Waals surface area contributed by atoms with Gasteiger partial charge < -0.3 is 9.80 Å². The summed E-state index contributed by atoms with van der Waals surface area (Å²) in [5.74, 6) is 0. The summed E-state index contributed by atoms with van der Waals surface area (Å²) in [4.78, 5) is 5.14. The van der Waals surface area contributed by atoms with Crippen molar-refractivity contribution in [3.63, 3.8) is 0 Å². The van der Waals surface area contributed by atoms with Crippen LogP contribution in [0.25, 0.3) is 22.3 Å². The SMILES string of the molecule is Cc1ccc(N(c2ccc(C)cc2)c2cc3c4c(c2)B2c5ccc(C)cc5-c5cc(C)cc(c52)N4c2cc(C)cc4c2B3c2ccc(C)cc2-4)cc1. The Morgan fingerprint density at radius 3 is 1.21 bits per heavy atom. The van der Waals surface area contributed by atoms with Crippen molar-refractivity contribution in [2.75, 3.05) is 9.80 Å². The highest BCUT2D eigenvalue weighted by Crippen LogP contribution is 2.46. The molecule has 4 aliphatic rings. The monoisotopic (exact) mass is 664 g/mol. The second-order valence-corrected chi connectivity index (χ2v) is 15.9. The zero-order valence-electron chi connectivity index (χ0n) is 30.6. The van der Waals surface area contributed by atoms with Gasteiger partial charge >= 0.3 is 0 Å². The number of anilines is 6. The van der Waals surface area contributed by atoms with E-state index in [-0.39, 0.29) is 13.4 Å². The maximum absolute atomic E-state index is 2.67. The van der Waals surface area contributed by atoms with Gasteiger partial charge in [-0.15, -0.1) is 0 Å². The molecular weight excluding hydrogens is 626 g/mol. The van der Waals surface area contributed by atoms with Crippen LogP contribution in [0.1, 0.15) is 33.4 Å². The van der Waals surface area contributed by atoms with E-state index in [1.807, 2.05) is 0 Å². The van der Waals surface area contributed by atoms with Crippen LogP contribution in [0.4, 0.5) is 34.1 Å². The van der Waals surface area contributed by atoms with Crippen molar-refractivity contribution in [2.45, 2.75) is 41.5 Å². The summed E-state index contributed by atoms with van der Waals surface area (Å²) in [6.07, 6.45) is 0. The van der Waals surface area contributed by atoms with Gasteiger partial charge in [-0.25, -0.2) is 0 Å². The predicted molar refractivity (Wildman–Crippen MR) is 224 cm³/mol. The van der Waals surface area contributed by atoms with E-state index in [2.05, 4.69) is 173 Å². The maximum Gasteiger partial charge on any atom is 0.248 e. The quantitative estimate of drug-likeness (QED) is 0.176. The Morgan fingerprint density at radius 1 is 0.365 bits per heavy atom. The number of benzene rings is 7. The van der Waals surface area contributed by atoms with Crippen molar-refractivity contribution in [1.82, 2.24) is 0 Å². The van der Waals surface area contributed by atoms with Crippen LogP contribution in [-0.2, 0) is 0 Å². The van der Waals surface area contributed by atoms with E-state index in [4.69, 9.17) is 0 Å². The first-order valence-corrected chi connectivity index (χ1v) is 18.7. The first kappa shape index (κ1) is 29.9. The summed E-state index contributed by atoms with van der Waals surface area (Å²) in [6.45, 7) is 13.6. The highest BCUT2D eigenvalue weighted by atomic mass is 15.2. The standard InChI is InChI=1S/C48H38B2N2/c1-27-7-13-33(14-8-27)51(34-15-9-28(2)10-16-34)35-25-42-48-43(26-35)50-41-18-12-30(4)20-37(41)39-22-32(6)24-45(47(39)50)52(48)44-23-31(5)21-38-36-19-29(3)11-17-40(36)49(42)46(38)44/h7-26H,1-6H3. The first-order chi connectivity index (χ1) is 25.2. The molecule has 0 bridgehead atoms. The van der Waals surface area contributed by atoms with E-state index < -0.39 is 0 Å². The molecule has 0 aliphatic carbocycles. The van der Waals surface area contributed by atoms with Gasteiger partial charge in [0.1, 0.15) is 0 Å². The molecule has 2 nitrogen and oxygen atoms in total. The van der Waals surface area contributed by atoms with Gasteiger partial charge in [0.2, 0.25) is 13.4 Å². The Bertz CT molecular complexity index is 2530. The highest BCUT2D eigenvalue weighted by Gasteiger charge is 2.50. The van der Waals surface area contributed by atoms with Gasteiger partial charge in [0.15, 0.2) is 0 Å². The van der Waals surface area contributed by atoms with E-state index in [0.29, 0.717) is 0 Å². The third-order valence-corrected chi connectivity index (χ3v) is 12.1. The Hall–Kier alpha value is -5.73. The highest BCUT2D eigenvalue weighted by molar-refractivity contribution is 7.05. The number of hydrogen-bond acceptors (Lipinski definition) is 2. The lowest BCUT2D eigenvalue weighted by molar-refractivity contribution is 1.26. The van der Waals surface area contributed by atoms with Crippen LogP contribution in [0, 0.1) is 41.5 Å². The fourth-order valence-electron chi connectivity index (χ4n) is 9.94.